The summed E-state index contributed by atoms with van der Waals surface area (Å²) in [5, 5.41) is 2.84. The second-order valence-corrected chi connectivity index (χ2v) is 7.66. The third-order valence-corrected chi connectivity index (χ3v) is 4.89. The van der Waals surface area contributed by atoms with Crippen molar-refractivity contribution in [2.45, 2.75) is 39.8 Å². The molecule has 1 N–H and O–H groups in total. The molecule has 1 atom stereocenters. The molecule has 1 heterocycles. The molecule has 6 nitrogen and oxygen atoms in total. The molecule has 1 amide bonds. The van der Waals surface area contributed by atoms with E-state index in [1.54, 1.807) is 25.1 Å². The first kappa shape index (κ1) is 20.8. The van der Waals surface area contributed by atoms with E-state index in [4.69, 9.17) is 11.6 Å². The van der Waals surface area contributed by atoms with Crippen molar-refractivity contribution in [3.8, 4) is 5.69 Å². The summed E-state index contributed by atoms with van der Waals surface area (Å²) in [6.07, 6.45) is 0. The van der Waals surface area contributed by atoms with Crippen molar-refractivity contribution in [1.82, 2.24) is 14.5 Å². The summed E-state index contributed by atoms with van der Waals surface area (Å²) in [6.45, 7) is 7.04. The average molecular weight is 418 g/mol. The third-order valence-electron chi connectivity index (χ3n) is 4.60. The number of aryl methyl sites for hydroxylation is 1. The van der Waals surface area contributed by atoms with Gasteiger partial charge in [-0.1, -0.05) is 23.2 Å². The summed E-state index contributed by atoms with van der Waals surface area (Å²) in [4.78, 5) is 39.1. The molecule has 152 valence electrons. The maximum absolute atomic E-state index is 13.6. The van der Waals surface area contributed by atoms with E-state index in [9.17, 15) is 18.8 Å². The Hall–Kier alpha value is -2.93. The second-order valence-electron chi connectivity index (χ2n) is 7.25. The molecule has 8 heteroatoms. The predicted molar refractivity (Wildman–Crippen MR) is 111 cm³/mol. The topological polar surface area (TPSA) is 73.1 Å². The number of rotatable bonds is 4. The van der Waals surface area contributed by atoms with Crippen LogP contribution in [0.1, 0.15) is 32.4 Å². The van der Waals surface area contributed by atoms with Crippen molar-refractivity contribution >= 4 is 28.4 Å². The zero-order chi connectivity index (χ0) is 21.5. The molecule has 0 bridgehead atoms. The molecule has 0 spiro atoms. The zero-order valence-electron chi connectivity index (χ0n) is 16.5. The second kappa shape index (κ2) is 7.83. The van der Waals surface area contributed by atoms with Crippen LogP contribution in [0.3, 0.4) is 0 Å². The number of amides is 1. The van der Waals surface area contributed by atoms with Crippen LogP contribution in [-0.4, -0.2) is 21.1 Å². The van der Waals surface area contributed by atoms with Crippen LogP contribution in [-0.2, 0) is 4.79 Å². The van der Waals surface area contributed by atoms with Crippen LogP contribution in [0.5, 0.6) is 0 Å². The molecule has 3 aromatic rings. The van der Waals surface area contributed by atoms with Crippen molar-refractivity contribution in [2.24, 2.45) is 0 Å². The van der Waals surface area contributed by atoms with Gasteiger partial charge in [-0.15, -0.1) is 0 Å². The number of halogens is 2. The van der Waals surface area contributed by atoms with E-state index in [0.29, 0.717) is 5.52 Å². The molecule has 0 aliphatic carbocycles. The molecule has 0 radical (unpaired) electrons. The summed E-state index contributed by atoms with van der Waals surface area (Å²) in [5.41, 5.74) is 0.0220. The van der Waals surface area contributed by atoms with Crippen LogP contribution in [0.4, 0.5) is 4.39 Å². The monoisotopic (exact) mass is 417 g/mol. The minimum atomic E-state index is -0.877. The average Bonchev–Trinajstić information content (AvgIpc) is 2.64. The molecular weight excluding hydrogens is 397 g/mol. The summed E-state index contributed by atoms with van der Waals surface area (Å²) in [5.74, 6) is -1.02. The van der Waals surface area contributed by atoms with Crippen molar-refractivity contribution in [3.63, 3.8) is 0 Å². The number of carbonyl (C=O) groups excluding carboxylic acids is 1. The Morgan fingerprint density at radius 2 is 1.79 bits per heavy atom. The molecule has 0 saturated carbocycles. The quantitative estimate of drug-likeness (QED) is 0.707. The Morgan fingerprint density at radius 3 is 2.41 bits per heavy atom. The third kappa shape index (κ3) is 3.82. The lowest BCUT2D eigenvalue weighted by Gasteiger charge is -2.21. The molecule has 3 rings (SSSR count). The summed E-state index contributed by atoms with van der Waals surface area (Å²) in [6, 6.07) is 7.68. The van der Waals surface area contributed by atoms with Crippen molar-refractivity contribution in [2.75, 3.05) is 0 Å². The first-order valence-corrected chi connectivity index (χ1v) is 9.53. The van der Waals surface area contributed by atoms with Crippen LogP contribution in [0.2, 0.25) is 5.02 Å². The molecule has 1 unspecified atom stereocenters. The first-order chi connectivity index (χ1) is 13.6. The number of benzene rings is 2. The Balaban J connectivity index is 2.39. The highest BCUT2D eigenvalue weighted by molar-refractivity contribution is 6.30. The smallest absolute Gasteiger partial charge is 0.336 e. The van der Waals surface area contributed by atoms with Gasteiger partial charge in [-0.25, -0.2) is 13.8 Å². The van der Waals surface area contributed by atoms with E-state index >= 15 is 0 Å². The van der Waals surface area contributed by atoms with Gasteiger partial charge in [-0.3, -0.25) is 14.2 Å². The highest BCUT2D eigenvalue weighted by Gasteiger charge is 2.23. The van der Waals surface area contributed by atoms with E-state index in [1.165, 1.54) is 16.7 Å². The largest absolute Gasteiger partial charge is 0.352 e. The van der Waals surface area contributed by atoms with E-state index in [-0.39, 0.29) is 28.0 Å². The lowest BCUT2D eigenvalue weighted by atomic mass is 10.1. The SMILES string of the molecule is Cc1ccc2c(c1)c(=O)n(-c1ccc(F)c(Cl)c1)c(=O)n2C(C)C(=O)NC(C)C. The highest BCUT2D eigenvalue weighted by Crippen LogP contribution is 2.20. The summed E-state index contributed by atoms with van der Waals surface area (Å²) in [7, 11) is 0. The van der Waals surface area contributed by atoms with Gasteiger partial charge < -0.3 is 5.32 Å². The number of carbonyl (C=O) groups is 1. The lowest BCUT2D eigenvalue weighted by molar-refractivity contribution is -0.124. The van der Waals surface area contributed by atoms with E-state index in [0.717, 1.165) is 16.2 Å². The minimum absolute atomic E-state index is 0.115. The molecular formula is C21H21ClFN3O3. The lowest BCUT2D eigenvalue weighted by Crippen LogP contribution is -2.44. The van der Waals surface area contributed by atoms with Crippen LogP contribution in [0.25, 0.3) is 16.6 Å². The molecule has 1 aromatic heterocycles. The minimum Gasteiger partial charge on any atom is -0.352 e. The normalized spacial score (nSPS) is 12.4. The maximum atomic E-state index is 13.6. The number of hydrogen-bond acceptors (Lipinski definition) is 3. The van der Waals surface area contributed by atoms with E-state index < -0.39 is 23.1 Å². The zero-order valence-corrected chi connectivity index (χ0v) is 17.2. The van der Waals surface area contributed by atoms with Crippen LogP contribution < -0.4 is 16.6 Å². The Labute approximate surface area is 171 Å². The van der Waals surface area contributed by atoms with E-state index in [1.807, 2.05) is 20.8 Å². The number of aromatic nitrogens is 2. The molecule has 29 heavy (non-hydrogen) atoms. The standard InChI is InChI=1S/C21H21ClFN3O3/c1-11(2)24-19(27)13(4)25-18-8-5-12(3)9-15(18)20(28)26(21(25)29)14-6-7-17(23)16(22)10-14/h5-11,13H,1-4H3,(H,24,27). The number of nitrogens with one attached hydrogen (secondary N) is 1. The molecule has 0 aliphatic heterocycles. The molecule has 0 aliphatic rings. The summed E-state index contributed by atoms with van der Waals surface area (Å²) >= 11 is 5.86. The van der Waals surface area contributed by atoms with Crippen LogP contribution in [0, 0.1) is 12.7 Å². The number of hydrogen-bond donors (Lipinski definition) is 1. The highest BCUT2D eigenvalue weighted by atomic mass is 35.5. The Morgan fingerprint density at radius 1 is 1.10 bits per heavy atom. The number of nitrogens with zero attached hydrogens (tertiary/aromatic N) is 2. The van der Waals surface area contributed by atoms with Gasteiger partial charge in [0.15, 0.2) is 0 Å². The molecule has 0 fully saturated rings. The first-order valence-electron chi connectivity index (χ1n) is 9.15. The number of fused-ring (bicyclic) bond motifs is 1. The predicted octanol–water partition coefficient (Wildman–Crippen LogP) is 3.34. The van der Waals surface area contributed by atoms with Gasteiger partial charge >= 0.3 is 5.69 Å². The molecule has 2 aromatic carbocycles. The van der Waals surface area contributed by atoms with Crippen LogP contribution >= 0.6 is 11.6 Å². The van der Waals surface area contributed by atoms with Crippen molar-refractivity contribution in [3.05, 3.63) is 73.6 Å². The van der Waals surface area contributed by atoms with Crippen LogP contribution in [0.15, 0.2) is 46.0 Å². The van der Waals surface area contributed by atoms with Gasteiger partial charge in [-0.05, 0) is 58.0 Å². The van der Waals surface area contributed by atoms with Gasteiger partial charge in [0.25, 0.3) is 5.56 Å². The fraction of sp³-hybridized carbons (Fsp3) is 0.286. The van der Waals surface area contributed by atoms with Crippen molar-refractivity contribution < 1.29 is 9.18 Å². The van der Waals surface area contributed by atoms with Gasteiger partial charge in [0.05, 0.1) is 21.6 Å². The fourth-order valence-corrected chi connectivity index (χ4v) is 3.37. The van der Waals surface area contributed by atoms with Gasteiger partial charge in [0, 0.05) is 6.04 Å². The Kier molecular flexibility index (Phi) is 5.61. The van der Waals surface area contributed by atoms with Gasteiger partial charge in [0.2, 0.25) is 5.91 Å². The fourth-order valence-electron chi connectivity index (χ4n) is 3.20. The van der Waals surface area contributed by atoms with Gasteiger partial charge in [0.1, 0.15) is 11.9 Å². The van der Waals surface area contributed by atoms with Gasteiger partial charge in [-0.2, -0.15) is 0 Å². The maximum Gasteiger partial charge on any atom is 0.336 e. The Bertz CT molecular complexity index is 1230. The van der Waals surface area contributed by atoms with Crippen molar-refractivity contribution in [1.29, 1.82) is 0 Å². The molecule has 0 saturated heterocycles. The van der Waals surface area contributed by atoms with E-state index in [2.05, 4.69) is 5.32 Å². The summed E-state index contributed by atoms with van der Waals surface area (Å²) < 4.78 is 15.8.